The molecule has 0 fully saturated rings. The number of aryl methyl sites for hydroxylation is 1. The molecule has 2 aromatic rings. The first-order valence-corrected chi connectivity index (χ1v) is 6.03. The molecule has 0 aliphatic carbocycles. The molecule has 0 radical (unpaired) electrons. The Morgan fingerprint density at radius 1 is 1.29 bits per heavy atom. The van der Waals surface area contributed by atoms with Crippen LogP contribution in [0.25, 0.3) is 10.9 Å². The molecule has 92 valence electrons. The van der Waals surface area contributed by atoms with Gasteiger partial charge in [-0.25, -0.2) is 0 Å². The van der Waals surface area contributed by atoms with Crippen LogP contribution in [-0.2, 0) is 6.54 Å². The van der Waals surface area contributed by atoms with E-state index in [9.17, 15) is 0 Å². The van der Waals surface area contributed by atoms with Gasteiger partial charge >= 0.3 is 0 Å². The molecule has 2 rings (SSSR count). The monoisotopic (exact) mass is 231 g/mol. The van der Waals surface area contributed by atoms with Crippen molar-refractivity contribution >= 4 is 10.9 Å². The molecule has 1 aromatic carbocycles. The van der Waals surface area contributed by atoms with Crippen LogP contribution >= 0.6 is 0 Å². The van der Waals surface area contributed by atoms with Gasteiger partial charge in [0.2, 0.25) is 0 Å². The number of benzene rings is 1. The lowest BCUT2D eigenvalue weighted by molar-refractivity contribution is 0.467. The zero-order valence-corrected chi connectivity index (χ0v) is 10.8. The number of aromatic amines is 1. The first-order valence-electron chi connectivity index (χ1n) is 6.03. The summed E-state index contributed by atoms with van der Waals surface area (Å²) < 4.78 is 0. The van der Waals surface area contributed by atoms with Crippen molar-refractivity contribution in [1.82, 2.24) is 10.3 Å². The lowest BCUT2D eigenvalue weighted by atomic mass is 10.1. The van der Waals surface area contributed by atoms with Gasteiger partial charge in [-0.05, 0) is 32.4 Å². The summed E-state index contributed by atoms with van der Waals surface area (Å²) in [5.74, 6) is 0. The summed E-state index contributed by atoms with van der Waals surface area (Å²) in [4.78, 5) is 3.40. The number of rotatable bonds is 4. The van der Waals surface area contributed by atoms with Crippen LogP contribution in [-0.4, -0.2) is 17.1 Å². The van der Waals surface area contributed by atoms with E-state index in [0.717, 1.165) is 13.1 Å². The molecular weight excluding hydrogens is 210 g/mol. The lowest BCUT2D eigenvalue weighted by Gasteiger charge is -2.19. The van der Waals surface area contributed by atoms with Crippen LogP contribution in [0, 0.1) is 6.92 Å². The van der Waals surface area contributed by atoms with E-state index in [2.05, 4.69) is 41.5 Å². The van der Waals surface area contributed by atoms with Gasteiger partial charge < -0.3 is 16.0 Å². The van der Waals surface area contributed by atoms with Crippen LogP contribution in [0.5, 0.6) is 0 Å². The van der Waals surface area contributed by atoms with Gasteiger partial charge in [0, 0.05) is 35.2 Å². The zero-order valence-electron chi connectivity index (χ0n) is 10.8. The standard InChI is InChI=1S/C14H21N3/c1-10-12(8-16-9-14(2,3)15)11-6-4-5-7-13(11)17-10/h4-7,16-17H,8-9,15H2,1-3H3. The molecule has 0 spiro atoms. The van der Waals surface area contributed by atoms with Gasteiger partial charge in [0.25, 0.3) is 0 Å². The van der Waals surface area contributed by atoms with E-state index in [0.29, 0.717) is 0 Å². The molecule has 0 aliphatic heterocycles. The summed E-state index contributed by atoms with van der Waals surface area (Å²) in [6.07, 6.45) is 0. The van der Waals surface area contributed by atoms with Crippen LogP contribution in [0.4, 0.5) is 0 Å². The molecule has 0 atom stereocenters. The molecule has 3 nitrogen and oxygen atoms in total. The van der Waals surface area contributed by atoms with Crippen LogP contribution in [0.3, 0.4) is 0 Å². The topological polar surface area (TPSA) is 53.8 Å². The number of fused-ring (bicyclic) bond motifs is 1. The van der Waals surface area contributed by atoms with Crippen molar-refractivity contribution < 1.29 is 0 Å². The summed E-state index contributed by atoms with van der Waals surface area (Å²) in [5, 5.41) is 4.71. The summed E-state index contributed by atoms with van der Waals surface area (Å²) >= 11 is 0. The van der Waals surface area contributed by atoms with E-state index in [1.54, 1.807) is 0 Å². The molecule has 3 heteroatoms. The third-order valence-electron chi connectivity index (χ3n) is 2.91. The highest BCUT2D eigenvalue weighted by Crippen LogP contribution is 2.21. The Labute approximate surface area is 102 Å². The molecule has 1 heterocycles. The number of hydrogen-bond donors (Lipinski definition) is 3. The quantitative estimate of drug-likeness (QED) is 0.756. The molecule has 0 amide bonds. The lowest BCUT2D eigenvalue weighted by Crippen LogP contribution is -2.42. The minimum Gasteiger partial charge on any atom is -0.358 e. The van der Waals surface area contributed by atoms with Gasteiger partial charge in [0.05, 0.1) is 0 Å². The normalized spacial score (nSPS) is 12.2. The van der Waals surface area contributed by atoms with E-state index in [1.807, 2.05) is 13.8 Å². The van der Waals surface area contributed by atoms with Crippen LogP contribution in [0.1, 0.15) is 25.1 Å². The van der Waals surface area contributed by atoms with Crippen molar-refractivity contribution in [2.75, 3.05) is 6.54 Å². The smallest absolute Gasteiger partial charge is 0.0459 e. The number of H-pyrrole nitrogens is 1. The van der Waals surface area contributed by atoms with Gasteiger partial charge in [-0.3, -0.25) is 0 Å². The Morgan fingerprint density at radius 3 is 2.71 bits per heavy atom. The summed E-state index contributed by atoms with van der Waals surface area (Å²) in [5.41, 5.74) is 9.56. The molecule has 0 unspecified atom stereocenters. The van der Waals surface area contributed by atoms with Gasteiger partial charge in [-0.1, -0.05) is 18.2 Å². The second kappa shape index (κ2) is 4.51. The molecule has 4 N–H and O–H groups in total. The highest BCUT2D eigenvalue weighted by atomic mass is 14.9. The molecule has 1 aromatic heterocycles. The van der Waals surface area contributed by atoms with E-state index in [4.69, 9.17) is 5.73 Å². The first-order chi connectivity index (χ1) is 7.97. The Balaban J connectivity index is 2.15. The molecular formula is C14H21N3. The van der Waals surface area contributed by atoms with Gasteiger partial charge in [-0.15, -0.1) is 0 Å². The average Bonchev–Trinajstić information content (AvgIpc) is 2.54. The van der Waals surface area contributed by atoms with E-state index < -0.39 is 0 Å². The number of aromatic nitrogens is 1. The van der Waals surface area contributed by atoms with Gasteiger partial charge in [0.1, 0.15) is 0 Å². The SMILES string of the molecule is Cc1[nH]c2ccccc2c1CNCC(C)(C)N. The summed E-state index contributed by atoms with van der Waals surface area (Å²) in [6, 6.07) is 8.40. The number of nitrogens with two attached hydrogens (primary N) is 1. The number of hydrogen-bond acceptors (Lipinski definition) is 2. The highest BCUT2D eigenvalue weighted by molar-refractivity contribution is 5.84. The van der Waals surface area contributed by atoms with Crippen molar-refractivity contribution in [3.8, 4) is 0 Å². The minimum absolute atomic E-state index is 0.167. The Hall–Kier alpha value is -1.32. The van der Waals surface area contributed by atoms with Crippen LogP contribution in [0.15, 0.2) is 24.3 Å². The molecule has 0 saturated carbocycles. The summed E-state index contributed by atoms with van der Waals surface area (Å²) in [6.45, 7) is 7.84. The van der Waals surface area contributed by atoms with Gasteiger partial charge in [0.15, 0.2) is 0 Å². The fraction of sp³-hybridized carbons (Fsp3) is 0.429. The third-order valence-corrected chi connectivity index (χ3v) is 2.91. The second-order valence-electron chi connectivity index (χ2n) is 5.37. The minimum atomic E-state index is -0.167. The Bertz CT molecular complexity index is 506. The van der Waals surface area contributed by atoms with Crippen LogP contribution in [0.2, 0.25) is 0 Å². The van der Waals surface area contributed by atoms with Crippen molar-refractivity contribution in [2.24, 2.45) is 5.73 Å². The van der Waals surface area contributed by atoms with Crippen molar-refractivity contribution in [2.45, 2.75) is 32.9 Å². The van der Waals surface area contributed by atoms with Crippen molar-refractivity contribution in [1.29, 1.82) is 0 Å². The predicted octanol–water partition coefficient (Wildman–Crippen LogP) is 2.30. The predicted molar refractivity (Wildman–Crippen MR) is 73.0 cm³/mol. The maximum atomic E-state index is 5.96. The van der Waals surface area contributed by atoms with Crippen molar-refractivity contribution in [3.63, 3.8) is 0 Å². The van der Waals surface area contributed by atoms with Crippen molar-refractivity contribution in [3.05, 3.63) is 35.5 Å². The molecule has 0 saturated heterocycles. The number of para-hydroxylation sites is 1. The number of nitrogens with one attached hydrogen (secondary N) is 2. The fourth-order valence-corrected chi connectivity index (χ4v) is 2.07. The third kappa shape index (κ3) is 2.87. The van der Waals surface area contributed by atoms with Crippen LogP contribution < -0.4 is 11.1 Å². The average molecular weight is 231 g/mol. The Kier molecular flexibility index (Phi) is 3.22. The largest absolute Gasteiger partial charge is 0.358 e. The maximum absolute atomic E-state index is 5.96. The van der Waals surface area contributed by atoms with E-state index in [-0.39, 0.29) is 5.54 Å². The van der Waals surface area contributed by atoms with E-state index in [1.165, 1.54) is 22.2 Å². The maximum Gasteiger partial charge on any atom is 0.0459 e. The Morgan fingerprint density at radius 2 is 2.00 bits per heavy atom. The molecule has 0 bridgehead atoms. The first kappa shape index (κ1) is 12.1. The van der Waals surface area contributed by atoms with E-state index >= 15 is 0 Å². The zero-order chi connectivity index (χ0) is 12.5. The molecule has 17 heavy (non-hydrogen) atoms. The van der Waals surface area contributed by atoms with Gasteiger partial charge in [-0.2, -0.15) is 0 Å². The fourth-order valence-electron chi connectivity index (χ4n) is 2.07. The second-order valence-corrected chi connectivity index (χ2v) is 5.37. The molecule has 0 aliphatic rings. The highest BCUT2D eigenvalue weighted by Gasteiger charge is 2.11. The summed E-state index contributed by atoms with van der Waals surface area (Å²) in [7, 11) is 0.